The number of ether oxygens (including phenoxy) is 1. The first-order valence-electron chi connectivity index (χ1n) is 12.5. The normalized spacial score (nSPS) is 14.9. The summed E-state index contributed by atoms with van der Waals surface area (Å²) < 4.78 is 19.2. The summed E-state index contributed by atoms with van der Waals surface area (Å²) in [6, 6.07) is 13.5. The van der Waals surface area contributed by atoms with E-state index in [1.807, 2.05) is 38.1 Å². The van der Waals surface area contributed by atoms with Crippen molar-refractivity contribution in [2.75, 3.05) is 6.61 Å². The topological polar surface area (TPSA) is 58.6 Å². The molecule has 0 heterocycles. The quantitative estimate of drug-likeness (QED) is 0.440. The number of amides is 2. The number of aryl methyl sites for hydroxylation is 1. The second-order valence-electron chi connectivity index (χ2n) is 9.18. The lowest BCUT2D eigenvalue weighted by Crippen LogP contribution is -2.51. The Hall–Kier alpha value is -2.89. The van der Waals surface area contributed by atoms with E-state index in [2.05, 4.69) is 5.32 Å². The first-order chi connectivity index (χ1) is 16.5. The van der Waals surface area contributed by atoms with Gasteiger partial charge >= 0.3 is 0 Å². The van der Waals surface area contributed by atoms with E-state index in [9.17, 15) is 14.0 Å². The average Bonchev–Trinajstić information content (AvgIpc) is 2.84. The Bertz CT molecular complexity index is 908. The summed E-state index contributed by atoms with van der Waals surface area (Å²) in [5.41, 5.74) is 1.96. The van der Waals surface area contributed by atoms with Gasteiger partial charge in [0.2, 0.25) is 11.8 Å². The van der Waals surface area contributed by atoms with E-state index < -0.39 is 6.04 Å². The van der Waals surface area contributed by atoms with Crippen molar-refractivity contribution in [1.29, 1.82) is 0 Å². The molecule has 6 heteroatoms. The molecule has 0 unspecified atom stereocenters. The Balaban J connectivity index is 1.63. The van der Waals surface area contributed by atoms with E-state index in [-0.39, 0.29) is 36.6 Å². The largest absolute Gasteiger partial charge is 0.494 e. The number of hydrogen-bond donors (Lipinski definition) is 1. The summed E-state index contributed by atoms with van der Waals surface area (Å²) >= 11 is 0. The summed E-state index contributed by atoms with van der Waals surface area (Å²) in [5.74, 6) is 0.264. The minimum absolute atomic E-state index is 0.0949. The van der Waals surface area contributed by atoms with Gasteiger partial charge in [0.25, 0.3) is 0 Å². The number of benzene rings is 2. The lowest BCUT2D eigenvalue weighted by Gasteiger charge is -2.33. The molecule has 2 amide bonds. The molecule has 0 saturated heterocycles. The van der Waals surface area contributed by atoms with E-state index in [4.69, 9.17) is 4.74 Å². The maximum atomic E-state index is 13.4. The predicted octanol–water partition coefficient (Wildman–Crippen LogP) is 5.55. The molecular weight excluding hydrogens is 431 g/mol. The molecule has 0 bridgehead atoms. The van der Waals surface area contributed by atoms with E-state index in [1.165, 1.54) is 18.6 Å². The first kappa shape index (κ1) is 25.7. The van der Waals surface area contributed by atoms with E-state index in [0.29, 0.717) is 19.4 Å². The van der Waals surface area contributed by atoms with Crippen molar-refractivity contribution in [3.05, 3.63) is 65.5 Å². The molecule has 1 aliphatic rings. The molecule has 34 heavy (non-hydrogen) atoms. The molecule has 3 rings (SSSR count). The lowest BCUT2D eigenvalue weighted by atomic mass is 9.95. The second kappa shape index (κ2) is 13.1. The molecule has 1 fully saturated rings. The van der Waals surface area contributed by atoms with E-state index in [0.717, 1.165) is 42.6 Å². The molecule has 5 nitrogen and oxygen atoms in total. The van der Waals surface area contributed by atoms with Gasteiger partial charge in [0.15, 0.2) is 0 Å². The van der Waals surface area contributed by atoms with Crippen LogP contribution in [0.4, 0.5) is 4.39 Å². The van der Waals surface area contributed by atoms with Crippen molar-refractivity contribution >= 4 is 11.8 Å². The van der Waals surface area contributed by atoms with Crippen LogP contribution in [0.3, 0.4) is 0 Å². The second-order valence-corrected chi connectivity index (χ2v) is 9.18. The number of nitrogens with one attached hydrogen (secondary N) is 1. The molecule has 2 aromatic carbocycles. The van der Waals surface area contributed by atoms with Gasteiger partial charge in [0, 0.05) is 19.0 Å². The highest BCUT2D eigenvalue weighted by atomic mass is 19.1. The van der Waals surface area contributed by atoms with Gasteiger partial charge < -0.3 is 15.0 Å². The minimum atomic E-state index is -0.558. The molecule has 0 radical (unpaired) electrons. The van der Waals surface area contributed by atoms with Crippen LogP contribution in [0.5, 0.6) is 5.75 Å². The van der Waals surface area contributed by atoms with Crippen molar-refractivity contribution in [3.63, 3.8) is 0 Å². The third-order valence-corrected chi connectivity index (χ3v) is 6.43. The third kappa shape index (κ3) is 7.86. The molecule has 1 atom stereocenters. The van der Waals surface area contributed by atoms with Gasteiger partial charge in [-0.25, -0.2) is 4.39 Å². The molecule has 0 spiro atoms. The predicted molar refractivity (Wildman–Crippen MR) is 132 cm³/mol. The van der Waals surface area contributed by atoms with Crippen LogP contribution in [0.2, 0.25) is 0 Å². The van der Waals surface area contributed by atoms with Crippen molar-refractivity contribution in [3.8, 4) is 5.75 Å². The Morgan fingerprint density at radius 2 is 1.74 bits per heavy atom. The van der Waals surface area contributed by atoms with Crippen LogP contribution >= 0.6 is 0 Å². The SMILES string of the molecule is CC[C@H](C(=O)NC1CCCCC1)N(Cc1ccc(F)cc1)C(=O)CCCOc1ccc(C)cc1. The summed E-state index contributed by atoms with van der Waals surface area (Å²) in [4.78, 5) is 28.1. The molecule has 184 valence electrons. The molecule has 0 aromatic heterocycles. The molecule has 1 aliphatic carbocycles. The first-order valence-corrected chi connectivity index (χ1v) is 12.5. The number of carbonyl (C=O) groups excluding carboxylic acids is 2. The number of nitrogens with zero attached hydrogens (tertiary/aromatic N) is 1. The van der Waals surface area contributed by atoms with E-state index >= 15 is 0 Å². The Morgan fingerprint density at radius 1 is 1.06 bits per heavy atom. The van der Waals surface area contributed by atoms with Crippen LogP contribution < -0.4 is 10.1 Å². The van der Waals surface area contributed by atoms with Gasteiger partial charge in [-0.2, -0.15) is 0 Å². The monoisotopic (exact) mass is 468 g/mol. The number of halogens is 1. The van der Waals surface area contributed by atoms with Crippen molar-refractivity contribution in [2.45, 2.75) is 83.8 Å². The zero-order chi connectivity index (χ0) is 24.3. The van der Waals surface area contributed by atoms with Gasteiger partial charge in [-0.1, -0.05) is 56.0 Å². The highest BCUT2D eigenvalue weighted by molar-refractivity contribution is 5.87. The number of hydrogen-bond acceptors (Lipinski definition) is 3. The maximum Gasteiger partial charge on any atom is 0.243 e. The van der Waals surface area contributed by atoms with Crippen LogP contribution in [0.25, 0.3) is 0 Å². The fourth-order valence-corrected chi connectivity index (χ4v) is 4.44. The van der Waals surface area contributed by atoms with Crippen LogP contribution in [0, 0.1) is 12.7 Å². The molecule has 0 aliphatic heterocycles. The Morgan fingerprint density at radius 3 is 2.38 bits per heavy atom. The van der Waals surface area contributed by atoms with Crippen LogP contribution in [0.1, 0.15) is 69.4 Å². The van der Waals surface area contributed by atoms with Crippen molar-refractivity contribution in [2.24, 2.45) is 0 Å². The summed E-state index contributed by atoms with van der Waals surface area (Å²) in [6.45, 7) is 4.64. The minimum Gasteiger partial charge on any atom is -0.494 e. The lowest BCUT2D eigenvalue weighted by molar-refractivity contribution is -0.142. The fourth-order valence-electron chi connectivity index (χ4n) is 4.44. The van der Waals surface area contributed by atoms with Crippen LogP contribution in [-0.4, -0.2) is 35.4 Å². The highest BCUT2D eigenvalue weighted by Gasteiger charge is 2.30. The van der Waals surface area contributed by atoms with Gasteiger partial charge in [0.1, 0.15) is 17.6 Å². The zero-order valence-electron chi connectivity index (χ0n) is 20.4. The zero-order valence-corrected chi connectivity index (χ0v) is 20.4. The van der Waals surface area contributed by atoms with Crippen LogP contribution in [-0.2, 0) is 16.1 Å². The van der Waals surface area contributed by atoms with Gasteiger partial charge in [-0.3, -0.25) is 9.59 Å². The Kier molecular flexibility index (Phi) is 9.92. The summed E-state index contributed by atoms with van der Waals surface area (Å²) in [5, 5.41) is 3.18. The molecule has 1 N–H and O–H groups in total. The van der Waals surface area contributed by atoms with E-state index in [1.54, 1.807) is 17.0 Å². The molecule has 2 aromatic rings. The molecule has 1 saturated carbocycles. The summed E-state index contributed by atoms with van der Waals surface area (Å²) in [6.07, 6.45) is 6.79. The van der Waals surface area contributed by atoms with Gasteiger partial charge in [-0.05, 0) is 62.4 Å². The maximum absolute atomic E-state index is 13.4. The Labute approximate surface area is 202 Å². The standard InChI is InChI=1S/C28H37FN2O3/c1-3-26(28(33)30-24-8-5-4-6-9-24)31(20-22-13-15-23(29)16-14-22)27(32)10-7-19-34-25-17-11-21(2)12-18-25/h11-18,24,26H,3-10,19-20H2,1-2H3,(H,30,33)/t26-/m1/s1. The van der Waals surface area contributed by atoms with Gasteiger partial charge in [0.05, 0.1) is 6.61 Å². The van der Waals surface area contributed by atoms with Gasteiger partial charge in [-0.15, -0.1) is 0 Å². The average molecular weight is 469 g/mol. The van der Waals surface area contributed by atoms with Crippen LogP contribution in [0.15, 0.2) is 48.5 Å². The summed E-state index contributed by atoms with van der Waals surface area (Å²) in [7, 11) is 0. The van der Waals surface area contributed by atoms with Crippen molar-refractivity contribution in [1.82, 2.24) is 10.2 Å². The number of rotatable bonds is 11. The molecular formula is C28H37FN2O3. The third-order valence-electron chi connectivity index (χ3n) is 6.43. The highest BCUT2D eigenvalue weighted by Crippen LogP contribution is 2.20. The number of carbonyl (C=O) groups is 2. The fraction of sp³-hybridized carbons (Fsp3) is 0.500. The van der Waals surface area contributed by atoms with Crippen molar-refractivity contribution < 1.29 is 18.7 Å². The smallest absolute Gasteiger partial charge is 0.243 e.